The molecule has 0 aromatic heterocycles. The van der Waals surface area contributed by atoms with Crippen molar-refractivity contribution in [2.75, 3.05) is 35.8 Å². The molecule has 0 saturated carbocycles. The number of sulfonamides is 1. The number of carbonyl (C=O) groups is 1. The van der Waals surface area contributed by atoms with Gasteiger partial charge in [0.25, 0.3) is 15.9 Å². The lowest BCUT2D eigenvalue weighted by Gasteiger charge is -2.36. The van der Waals surface area contributed by atoms with Crippen LogP contribution in [0, 0.1) is 20.8 Å². The van der Waals surface area contributed by atoms with Crippen LogP contribution in [-0.4, -0.2) is 45.4 Å². The Hall–Kier alpha value is -3.32. The normalized spacial score (nSPS) is 14.3. The van der Waals surface area contributed by atoms with Crippen LogP contribution < -0.4 is 9.62 Å². The highest BCUT2D eigenvalue weighted by Crippen LogP contribution is 2.23. The first kappa shape index (κ1) is 22.9. The number of nitrogens with one attached hydrogen (secondary N) is 1. The largest absolute Gasteiger partial charge is 0.368 e. The molecule has 172 valence electrons. The number of benzene rings is 3. The zero-order chi connectivity index (χ0) is 23.6. The van der Waals surface area contributed by atoms with Gasteiger partial charge in [-0.05, 0) is 68.3 Å². The third kappa shape index (κ3) is 5.20. The summed E-state index contributed by atoms with van der Waals surface area (Å²) in [6.45, 7) is 8.40. The minimum absolute atomic E-state index is 0.118. The van der Waals surface area contributed by atoms with Gasteiger partial charge >= 0.3 is 0 Å². The van der Waals surface area contributed by atoms with E-state index in [4.69, 9.17) is 0 Å². The Balaban J connectivity index is 1.49. The SMILES string of the molecule is Cc1ccc(NS(=O)(=O)c2cc(C(=O)N3CCN(c4cccc(C)c4)CC3)ccc2C)cc1. The molecule has 1 aliphatic heterocycles. The fourth-order valence-corrected chi connectivity index (χ4v) is 5.36. The molecule has 3 aromatic carbocycles. The second kappa shape index (κ2) is 9.27. The summed E-state index contributed by atoms with van der Waals surface area (Å²) in [6.07, 6.45) is 0. The number of aryl methyl sites for hydroxylation is 3. The molecule has 6 nitrogen and oxygen atoms in total. The monoisotopic (exact) mass is 463 g/mol. The molecule has 1 saturated heterocycles. The first-order valence-corrected chi connectivity index (χ1v) is 12.5. The van der Waals surface area contributed by atoms with Crippen molar-refractivity contribution in [3.8, 4) is 0 Å². The predicted octanol–water partition coefficient (Wildman–Crippen LogP) is 4.38. The molecule has 3 aromatic rings. The lowest BCUT2D eigenvalue weighted by molar-refractivity contribution is 0.0746. The summed E-state index contributed by atoms with van der Waals surface area (Å²) in [4.78, 5) is 17.4. The second-order valence-electron chi connectivity index (χ2n) is 8.57. The van der Waals surface area contributed by atoms with Gasteiger partial charge in [0.05, 0.1) is 4.90 Å². The predicted molar refractivity (Wildman–Crippen MR) is 132 cm³/mol. The number of hydrogen-bond donors (Lipinski definition) is 1. The molecule has 1 heterocycles. The van der Waals surface area contributed by atoms with Gasteiger partial charge in [0.2, 0.25) is 0 Å². The molecule has 0 radical (unpaired) electrons. The third-order valence-electron chi connectivity index (χ3n) is 5.96. The lowest BCUT2D eigenvalue weighted by Crippen LogP contribution is -2.48. The smallest absolute Gasteiger partial charge is 0.262 e. The maximum atomic E-state index is 13.2. The molecule has 1 N–H and O–H groups in total. The molecule has 1 amide bonds. The van der Waals surface area contributed by atoms with Gasteiger partial charge in [-0.1, -0.05) is 35.9 Å². The summed E-state index contributed by atoms with van der Waals surface area (Å²) in [5.74, 6) is -0.148. The molecule has 7 heteroatoms. The van der Waals surface area contributed by atoms with Crippen LogP contribution in [0.15, 0.2) is 71.6 Å². The number of carbonyl (C=O) groups excluding carboxylic acids is 1. The van der Waals surface area contributed by atoms with Crippen LogP contribution >= 0.6 is 0 Å². The summed E-state index contributed by atoms with van der Waals surface area (Å²) in [6, 6.07) is 20.4. The van der Waals surface area contributed by atoms with Crippen molar-refractivity contribution < 1.29 is 13.2 Å². The summed E-state index contributed by atoms with van der Waals surface area (Å²) >= 11 is 0. The van der Waals surface area contributed by atoms with E-state index in [0.717, 1.165) is 24.3 Å². The Kier molecular flexibility index (Phi) is 6.42. The molecule has 33 heavy (non-hydrogen) atoms. The van der Waals surface area contributed by atoms with Crippen LogP contribution in [0.3, 0.4) is 0 Å². The van der Waals surface area contributed by atoms with E-state index < -0.39 is 10.0 Å². The van der Waals surface area contributed by atoms with Crippen molar-refractivity contribution in [1.82, 2.24) is 4.90 Å². The quantitative estimate of drug-likeness (QED) is 0.610. The fourth-order valence-electron chi connectivity index (χ4n) is 4.03. The Bertz CT molecular complexity index is 1260. The van der Waals surface area contributed by atoms with E-state index in [1.165, 1.54) is 11.6 Å². The Morgan fingerprint density at radius 2 is 1.52 bits per heavy atom. The molecular weight excluding hydrogens is 434 g/mol. The van der Waals surface area contributed by atoms with Gasteiger partial charge in [-0.15, -0.1) is 0 Å². The minimum Gasteiger partial charge on any atom is -0.368 e. The van der Waals surface area contributed by atoms with E-state index in [9.17, 15) is 13.2 Å². The van der Waals surface area contributed by atoms with Crippen molar-refractivity contribution >= 4 is 27.3 Å². The van der Waals surface area contributed by atoms with Gasteiger partial charge in [0.1, 0.15) is 0 Å². The van der Waals surface area contributed by atoms with E-state index in [1.807, 2.05) is 25.1 Å². The highest BCUT2D eigenvalue weighted by atomic mass is 32.2. The Morgan fingerprint density at radius 3 is 2.18 bits per heavy atom. The van der Waals surface area contributed by atoms with Gasteiger partial charge in [-0.25, -0.2) is 8.42 Å². The van der Waals surface area contributed by atoms with Crippen LogP contribution in [0.25, 0.3) is 0 Å². The topological polar surface area (TPSA) is 69.7 Å². The number of nitrogens with zero attached hydrogens (tertiary/aromatic N) is 2. The highest BCUT2D eigenvalue weighted by Gasteiger charge is 2.25. The van der Waals surface area contributed by atoms with Crippen LogP contribution in [0.5, 0.6) is 0 Å². The average molecular weight is 464 g/mol. The average Bonchev–Trinajstić information content (AvgIpc) is 2.80. The van der Waals surface area contributed by atoms with Gasteiger partial charge in [-0.3, -0.25) is 9.52 Å². The van der Waals surface area contributed by atoms with Gasteiger partial charge < -0.3 is 9.80 Å². The number of piperazine rings is 1. The highest BCUT2D eigenvalue weighted by molar-refractivity contribution is 7.92. The molecular formula is C26H29N3O3S. The molecule has 0 spiro atoms. The molecule has 0 aliphatic carbocycles. The van der Waals surface area contributed by atoms with E-state index >= 15 is 0 Å². The number of anilines is 2. The van der Waals surface area contributed by atoms with Crippen molar-refractivity contribution in [2.24, 2.45) is 0 Å². The summed E-state index contributed by atoms with van der Waals surface area (Å²) < 4.78 is 28.7. The van der Waals surface area contributed by atoms with Crippen LogP contribution in [-0.2, 0) is 10.0 Å². The van der Waals surface area contributed by atoms with Crippen molar-refractivity contribution in [2.45, 2.75) is 25.7 Å². The molecule has 1 aliphatic rings. The molecule has 1 fully saturated rings. The van der Waals surface area contributed by atoms with E-state index in [-0.39, 0.29) is 10.8 Å². The second-order valence-corrected chi connectivity index (χ2v) is 10.2. The molecule has 0 unspecified atom stereocenters. The van der Waals surface area contributed by atoms with Crippen molar-refractivity contribution in [1.29, 1.82) is 0 Å². The third-order valence-corrected chi connectivity index (χ3v) is 7.49. The molecule has 4 rings (SSSR count). The Morgan fingerprint density at radius 1 is 0.818 bits per heavy atom. The molecule has 0 bridgehead atoms. The van der Waals surface area contributed by atoms with E-state index in [2.05, 4.69) is 34.7 Å². The summed E-state index contributed by atoms with van der Waals surface area (Å²) in [5.41, 5.74) is 4.88. The molecule has 0 atom stereocenters. The number of amides is 1. The summed E-state index contributed by atoms with van der Waals surface area (Å²) in [7, 11) is -3.82. The summed E-state index contributed by atoms with van der Waals surface area (Å²) in [5, 5.41) is 0. The number of rotatable bonds is 5. The number of hydrogen-bond acceptors (Lipinski definition) is 4. The van der Waals surface area contributed by atoms with Crippen LogP contribution in [0.2, 0.25) is 0 Å². The van der Waals surface area contributed by atoms with Gasteiger partial charge in [0, 0.05) is 43.1 Å². The zero-order valence-electron chi connectivity index (χ0n) is 19.2. The Labute approximate surface area is 195 Å². The van der Waals surface area contributed by atoms with Gasteiger partial charge in [-0.2, -0.15) is 0 Å². The first-order chi connectivity index (χ1) is 15.7. The standard InChI is InChI=1S/C26H29N3O3S/c1-19-7-11-23(12-8-19)27-33(31,32)25-18-22(10-9-21(25)3)26(30)29-15-13-28(14-16-29)24-6-4-5-20(2)17-24/h4-12,17-18,27H,13-16H2,1-3H3. The van der Waals surface area contributed by atoms with Gasteiger partial charge in [0.15, 0.2) is 0 Å². The maximum Gasteiger partial charge on any atom is 0.262 e. The lowest BCUT2D eigenvalue weighted by atomic mass is 10.1. The maximum absolute atomic E-state index is 13.2. The van der Waals surface area contributed by atoms with E-state index in [1.54, 1.807) is 36.1 Å². The van der Waals surface area contributed by atoms with Crippen LogP contribution in [0.1, 0.15) is 27.0 Å². The first-order valence-electron chi connectivity index (χ1n) is 11.0. The fraction of sp³-hybridized carbons (Fsp3) is 0.269. The van der Waals surface area contributed by atoms with Crippen molar-refractivity contribution in [3.63, 3.8) is 0 Å². The minimum atomic E-state index is -3.82. The zero-order valence-corrected chi connectivity index (χ0v) is 20.0. The van der Waals surface area contributed by atoms with E-state index in [0.29, 0.717) is 29.9 Å². The van der Waals surface area contributed by atoms with Crippen LogP contribution in [0.4, 0.5) is 11.4 Å². The van der Waals surface area contributed by atoms with Crippen molar-refractivity contribution in [3.05, 3.63) is 89.0 Å².